The van der Waals surface area contributed by atoms with E-state index in [9.17, 15) is 13.2 Å². The summed E-state index contributed by atoms with van der Waals surface area (Å²) in [6.07, 6.45) is 1.82. The summed E-state index contributed by atoms with van der Waals surface area (Å²) >= 11 is 0. The largest absolute Gasteiger partial charge is 0.488 e. The molecule has 0 radical (unpaired) electrons. The molecule has 0 aliphatic carbocycles. The van der Waals surface area contributed by atoms with Crippen LogP contribution in [-0.2, 0) is 21.4 Å². The van der Waals surface area contributed by atoms with Crippen molar-refractivity contribution < 1.29 is 17.9 Å². The molecule has 28 heavy (non-hydrogen) atoms. The zero-order chi connectivity index (χ0) is 20.3. The molecule has 0 atom stereocenters. The number of carbonyl (C=O) groups is 1. The van der Waals surface area contributed by atoms with Crippen molar-refractivity contribution >= 4 is 22.0 Å². The van der Waals surface area contributed by atoms with Gasteiger partial charge >= 0.3 is 0 Å². The molecule has 0 unspecified atom stereocenters. The summed E-state index contributed by atoms with van der Waals surface area (Å²) in [7, 11) is -1.95. The monoisotopic (exact) mass is 400 g/mol. The third kappa shape index (κ3) is 4.26. The van der Waals surface area contributed by atoms with Gasteiger partial charge in [-0.25, -0.2) is 8.42 Å². The van der Waals surface area contributed by atoms with Crippen LogP contribution in [0.15, 0.2) is 59.0 Å². The fraction of sp³-hybridized carbons (Fsp3) is 0.286. The van der Waals surface area contributed by atoms with Crippen LogP contribution in [0.25, 0.3) is 6.08 Å². The molecule has 0 bridgehead atoms. The van der Waals surface area contributed by atoms with Gasteiger partial charge in [0, 0.05) is 25.2 Å². The SMILES string of the molecule is CC(C)N(C)S(=O)(=O)c1ccc(CNC(=O)C2=Cc3ccccc3OC2)cc1. The number of ether oxygens (including phenoxy) is 1. The number of amides is 1. The fourth-order valence-electron chi connectivity index (χ4n) is 2.77. The van der Waals surface area contributed by atoms with Crippen molar-refractivity contribution in [1.29, 1.82) is 0 Å². The first-order valence-corrected chi connectivity index (χ1v) is 10.5. The second-order valence-electron chi connectivity index (χ2n) is 6.94. The second-order valence-corrected chi connectivity index (χ2v) is 8.94. The third-order valence-electron chi connectivity index (χ3n) is 4.70. The molecule has 0 aromatic heterocycles. The minimum absolute atomic E-state index is 0.125. The first kappa shape index (κ1) is 20.1. The van der Waals surface area contributed by atoms with Gasteiger partial charge in [0.1, 0.15) is 12.4 Å². The number of carbonyl (C=O) groups excluding carboxylic acids is 1. The van der Waals surface area contributed by atoms with E-state index in [0.29, 0.717) is 12.1 Å². The smallest absolute Gasteiger partial charge is 0.250 e. The van der Waals surface area contributed by atoms with Gasteiger partial charge in [0.25, 0.3) is 5.91 Å². The van der Waals surface area contributed by atoms with Gasteiger partial charge in [0.15, 0.2) is 0 Å². The maximum Gasteiger partial charge on any atom is 0.250 e. The average molecular weight is 401 g/mol. The molecule has 1 amide bonds. The summed E-state index contributed by atoms with van der Waals surface area (Å²) in [4.78, 5) is 12.6. The van der Waals surface area contributed by atoms with Crippen LogP contribution >= 0.6 is 0 Å². The molecule has 0 saturated heterocycles. The van der Waals surface area contributed by atoms with Gasteiger partial charge in [-0.2, -0.15) is 4.31 Å². The summed E-state index contributed by atoms with van der Waals surface area (Å²) in [5.41, 5.74) is 2.25. The summed E-state index contributed by atoms with van der Waals surface area (Å²) in [6.45, 7) is 4.17. The van der Waals surface area contributed by atoms with Crippen LogP contribution in [0.3, 0.4) is 0 Å². The first-order chi connectivity index (χ1) is 13.3. The lowest BCUT2D eigenvalue weighted by molar-refractivity contribution is -0.117. The number of fused-ring (bicyclic) bond motifs is 1. The van der Waals surface area contributed by atoms with Crippen LogP contribution < -0.4 is 10.1 Å². The highest BCUT2D eigenvalue weighted by Crippen LogP contribution is 2.25. The molecule has 0 fully saturated rings. The van der Waals surface area contributed by atoms with E-state index in [1.807, 2.05) is 44.2 Å². The van der Waals surface area contributed by atoms with Gasteiger partial charge in [0.2, 0.25) is 10.0 Å². The quantitative estimate of drug-likeness (QED) is 0.809. The fourth-order valence-corrected chi connectivity index (χ4v) is 4.13. The summed E-state index contributed by atoms with van der Waals surface area (Å²) in [5.74, 6) is 0.563. The molecular weight excluding hydrogens is 376 g/mol. The van der Waals surface area contributed by atoms with Crippen LogP contribution in [0.2, 0.25) is 0 Å². The predicted octanol–water partition coefficient (Wildman–Crippen LogP) is 2.81. The van der Waals surface area contributed by atoms with Crippen molar-refractivity contribution in [3.05, 3.63) is 65.2 Å². The Morgan fingerprint density at radius 2 is 1.82 bits per heavy atom. The predicted molar refractivity (Wildman–Crippen MR) is 108 cm³/mol. The van der Waals surface area contributed by atoms with Crippen LogP contribution in [0.1, 0.15) is 25.0 Å². The maximum absolute atomic E-state index is 12.5. The maximum atomic E-state index is 12.5. The Labute approximate surface area is 165 Å². The third-order valence-corrected chi connectivity index (χ3v) is 6.75. The topological polar surface area (TPSA) is 75.7 Å². The molecule has 148 valence electrons. The molecule has 1 heterocycles. The number of sulfonamides is 1. The number of nitrogens with one attached hydrogen (secondary N) is 1. The highest BCUT2D eigenvalue weighted by molar-refractivity contribution is 7.89. The Morgan fingerprint density at radius 1 is 1.14 bits per heavy atom. The Bertz CT molecular complexity index is 995. The van der Waals surface area contributed by atoms with E-state index in [1.165, 1.54) is 4.31 Å². The number of rotatable bonds is 6. The van der Waals surface area contributed by atoms with Gasteiger partial charge in [-0.15, -0.1) is 0 Å². The van der Waals surface area contributed by atoms with Crippen LogP contribution in [-0.4, -0.2) is 38.3 Å². The van der Waals surface area contributed by atoms with Crippen molar-refractivity contribution in [1.82, 2.24) is 9.62 Å². The first-order valence-electron chi connectivity index (χ1n) is 9.06. The minimum Gasteiger partial charge on any atom is -0.488 e. The molecule has 1 N–H and O–H groups in total. The number of benzene rings is 2. The molecule has 6 nitrogen and oxygen atoms in total. The van der Waals surface area contributed by atoms with Gasteiger partial charge in [-0.05, 0) is 43.7 Å². The van der Waals surface area contributed by atoms with Gasteiger partial charge in [-0.1, -0.05) is 30.3 Å². The van der Waals surface area contributed by atoms with Crippen molar-refractivity contribution in [3.63, 3.8) is 0 Å². The number of para-hydroxylation sites is 1. The molecule has 1 aliphatic rings. The molecular formula is C21H24N2O4S. The Hall–Kier alpha value is -2.64. The van der Waals surface area contributed by atoms with Crippen molar-refractivity contribution in [2.75, 3.05) is 13.7 Å². The van der Waals surface area contributed by atoms with E-state index in [2.05, 4.69) is 5.32 Å². The highest BCUT2D eigenvalue weighted by Gasteiger charge is 2.23. The van der Waals surface area contributed by atoms with E-state index in [4.69, 9.17) is 4.74 Å². The Morgan fingerprint density at radius 3 is 2.50 bits per heavy atom. The van der Waals surface area contributed by atoms with E-state index >= 15 is 0 Å². The molecule has 7 heteroatoms. The van der Waals surface area contributed by atoms with Crippen LogP contribution in [0.5, 0.6) is 5.75 Å². The van der Waals surface area contributed by atoms with E-state index in [-0.39, 0.29) is 23.5 Å². The van der Waals surface area contributed by atoms with E-state index in [1.54, 1.807) is 31.3 Å². The van der Waals surface area contributed by atoms with E-state index < -0.39 is 10.0 Å². The zero-order valence-electron chi connectivity index (χ0n) is 16.2. The van der Waals surface area contributed by atoms with Crippen LogP contribution in [0, 0.1) is 0 Å². The van der Waals surface area contributed by atoms with Crippen molar-refractivity contribution in [3.8, 4) is 5.75 Å². The summed E-state index contributed by atoms with van der Waals surface area (Å²) in [6, 6.07) is 14.0. The van der Waals surface area contributed by atoms with Crippen molar-refractivity contribution in [2.45, 2.75) is 31.3 Å². The standard InChI is InChI=1S/C21H24N2O4S/c1-15(2)23(3)28(25,26)19-10-8-16(9-11-19)13-22-21(24)18-12-17-6-4-5-7-20(17)27-14-18/h4-12,15H,13-14H2,1-3H3,(H,22,24). The second kappa shape index (κ2) is 8.16. The highest BCUT2D eigenvalue weighted by atomic mass is 32.2. The van der Waals surface area contributed by atoms with Crippen LogP contribution in [0.4, 0.5) is 0 Å². The summed E-state index contributed by atoms with van der Waals surface area (Å²) < 4.78 is 31.9. The number of hydrogen-bond donors (Lipinski definition) is 1. The Balaban J connectivity index is 1.64. The van der Waals surface area contributed by atoms with Gasteiger partial charge in [-0.3, -0.25) is 4.79 Å². The Kier molecular flexibility index (Phi) is 5.86. The lowest BCUT2D eigenvalue weighted by Gasteiger charge is -2.21. The van der Waals surface area contributed by atoms with Gasteiger partial charge < -0.3 is 10.1 Å². The normalized spacial score (nSPS) is 13.7. The van der Waals surface area contributed by atoms with Crippen molar-refractivity contribution in [2.24, 2.45) is 0 Å². The zero-order valence-corrected chi connectivity index (χ0v) is 17.0. The van der Waals surface area contributed by atoms with Gasteiger partial charge in [0.05, 0.1) is 10.5 Å². The molecule has 0 saturated carbocycles. The molecule has 0 spiro atoms. The lowest BCUT2D eigenvalue weighted by atomic mass is 10.1. The molecule has 3 rings (SSSR count). The lowest BCUT2D eigenvalue weighted by Crippen LogP contribution is -2.33. The summed E-state index contributed by atoms with van der Waals surface area (Å²) in [5, 5.41) is 2.85. The minimum atomic E-state index is -3.51. The number of hydrogen-bond acceptors (Lipinski definition) is 4. The number of nitrogens with zero attached hydrogens (tertiary/aromatic N) is 1. The molecule has 2 aromatic rings. The average Bonchev–Trinajstić information content (AvgIpc) is 2.71. The molecule has 2 aromatic carbocycles. The van der Waals surface area contributed by atoms with E-state index in [0.717, 1.165) is 16.9 Å². The molecule has 1 aliphatic heterocycles.